The van der Waals surface area contributed by atoms with Gasteiger partial charge >= 0.3 is 18.4 Å². The fourth-order valence-electron chi connectivity index (χ4n) is 2.29. The van der Waals surface area contributed by atoms with Crippen LogP contribution >= 0.6 is 0 Å². The largest absolute Gasteiger partial charge is 0.439 e. The standard InChI is InChI=1S/C12H11F6NO2/c1-5-9(21-10(20)19-5)6-2-7(11(13,14)15)4-8(3-6)12(16,17)18/h2-3,5,7,9H,4H2,1H3,(H,19,20)/t5-,7?,9-/m0/s1. The number of alkyl carbamates (subject to hydrolysis) is 1. The molecular weight excluding hydrogens is 304 g/mol. The zero-order valence-electron chi connectivity index (χ0n) is 10.7. The number of hydrogen-bond acceptors (Lipinski definition) is 2. The maximum absolute atomic E-state index is 12.8. The molecule has 0 radical (unpaired) electrons. The maximum Gasteiger partial charge on any atom is 0.412 e. The first-order valence-electron chi connectivity index (χ1n) is 6.02. The summed E-state index contributed by atoms with van der Waals surface area (Å²) in [6, 6.07) is -0.707. The summed E-state index contributed by atoms with van der Waals surface area (Å²) in [5.41, 5.74) is -1.57. The number of amides is 1. The van der Waals surface area contributed by atoms with Crippen molar-refractivity contribution in [2.24, 2.45) is 5.92 Å². The van der Waals surface area contributed by atoms with E-state index in [1.807, 2.05) is 0 Å². The second-order valence-corrected chi connectivity index (χ2v) is 4.95. The number of carbonyl (C=O) groups is 1. The molecule has 3 atom stereocenters. The number of halogens is 6. The lowest BCUT2D eigenvalue weighted by atomic mass is 9.86. The molecule has 1 fully saturated rings. The second-order valence-electron chi connectivity index (χ2n) is 4.95. The monoisotopic (exact) mass is 315 g/mol. The van der Waals surface area contributed by atoms with Gasteiger partial charge in [-0.05, 0) is 25.0 Å². The number of cyclic esters (lactones) is 1. The Morgan fingerprint density at radius 3 is 2.29 bits per heavy atom. The summed E-state index contributed by atoms with van der Waals surface area (Å²) in [5, 5.41) is 2.28. The van der Waals surface area contributed by atoms with Crippen molar-refractivity contribution in [3.8, 4) is 0 Å². The quantitative estimate of drug-likeness (QED) is 0.752. The van der Waals surface area contributed by atoms with E-state index in [1.54, 1.807) is 0 Å². The van der Waals surface area contributed by atoms with Crippen LogP contribution in [0.1, 0.15) is 13.3 Å². The summed E-state index contributed by atoms with van der Waals surface area (Å²) in [6.45, 7) is 1.44. The summed E-state index contributed by atoms with van der Waals surface area (Å²) in [6.07, 6.45) is -11.5. The predicted octanol–water partition coefficient (Wildman–Crippen LogP) is 3.48. The fraction of sp³-hybridized carbons (Fsp3) is 0.583. The Bertz CT molecular complexity index is 505. The molecular formula is C12H11F6NO2. The lowest BCUT2D eigenvalue weighted by molar-refractivity contribution is -0.166. The van der Waals surface area contributed by atoms with E-state index in [-0.39, 0.29) is 5.57 Å². The summed E-state index contributed by atoms with van der Waals surface area (Å²) < 4.78 is 81.3. The van der Waals surface area contributed by atoms with E-state index in [1.165, 1.54) is 6.92 Å². The Hall–Kier alpha value is -1.67. The molecule has 21 heavy (non-hydrogen) atoms. The first-order valence-corrected chi connectivity index (χ1v) is 6.02. The van der Waals surface area contributed by atoms with Crippen LogP contribution in [0.25, 0.3) is 0 Å². The number of nitrogens with one attached hydrogen (secondary N) is 1. The van der Waals surface area contributed by atoms with E-state index in [4.69, 9.17) is 4.74 Å². The minimum Gasteiger partial charge on any atom is -0.439 e. The van der Waals surface area contributed by atoms with E-state index < -0.39 is 48.5 Å². The average molecular weight is 315 g/mol. The van der Waals surface area contributed by atoms with E-state index in [0.717, 1.165) is 0 Å². The summed E-state index contributed by atoms with van der Waals surface area (Å²) in [4.78, 5) is 11.0. The highest BCUT2D eigenvalue weighted by atomic mass is 19.4. The summed E-state index contributed by atoms with van der Waals surface area (Å²) >= 11 is 0. The zero-order chi connectivity index (χ0) is 16.0. The molecule has 2 rings (SSSR count). The van der Waals surface area contributed by atoms with Crippen molar-refractivity contribution in [3.63, 3.8) is 0 Å². The van der Waals surface area contributed by atoms with Crippen molar-refractivity contribution in [2.75, 3.05) is 0 Å². The van der Waals surface area contributed by atoms with Crippen molar-refractivity contribution in [3.05, 3.63) is 23.3 Å². The number of allylic oxidation sites excluding steroid dienone is 2. The van der Waals surface area contributed by atoms with Gasteiger partial charge in [0.2, 0.25) is 0 Å². The van der Waals surface area contributed by atoms with Crippen LogP contribution in [0.2, 0.25) is 0 Å². The van der Waals surface area contributed by atoms with Crippen LogP contribution in [0.4, 0.5) is 31.1 Å². The third kappa shape index (κ3) is 3.33. The summed E-state index contributed by atoms with van der Waals surface area (Å²) in [7, 11) is 0. The van der Waals surface area contributed by atoms with Crippen LogP contribution in [-0.2, 0) is 4.74 Å². The van der Waals surface area contributed by atoms with Gasteiger partial charge in [0.25, 0.3) is 0 Å². The van der Waals surface area contributed by atoms with Gasteiger partial charge in [0.05, 0.1) is 12.0 Å². The predicted molar refractivity (Wildman–Crippen MR) is 59.2 cm³/mol. The molecule has 3 nitrogen and oxygen atoms in total. The molecule has 0 saturated carbocycles. The topological polar surface area (TPSA) is 38.3 Å². The van der Waals surface area contributed by atoms with Gasteiger partial charge in [-0.15, -0.1) is 0 Å². The average Bonchev–Trinajstić information content (AvgIpc) is 2.65. The molecule has 0 bridgehead atoms. The molecule has 0 aromatic carbocycles. The highest BCUT2D eigenvalue weighted by molar-refractivity contribution is 5.71. The Labute approximate surface area is 115 Å². The van der Waals surface area contributed by atoms with Gasteiger partial charge in [-0.1, -0.05) is 6.08 Å². The van der Waals surface area contributed by atoms with Crippen molar-refractivity contribution < 1.29 is 35.9 Å². The Morgan fingerprint density at radius 1 is 1.24 bits per heavy atom. The molecule has 1 aliphatic carbocycles. The van der Waals surface area contributed by atoms with E-state index in [0.29, 0.717) is 12.2 Å². The van der Waals surface area contributed by atoms with E-state index in [9.17, 15) is 31.1 Å². The van der Waals surface area contributed by atoms with Crippen LogP contribution < -0.4 is 5.32 Å². The van der Waals surface area contributed by atoms with Crippen molar-refractivity contribution >= 4 is 6.09 Å². The number of alkyl halides is 6. The van der Waals surface area contributed by atoms with Crippen molar-refractivity contribution in [1.82, 2.24) is 5.32 Å². The van der Waals surface area contributed by atoms with Crippen LogP contribution in [0.15, 0.2) is 23.3 Å². The van der Waals surface area contributed by atoms with Crippen LogP contribution in [0, 0.1) is 5.92 Å². The van der Waals surface area contributed by atoms with Gasteiger partial charge in [-0.25, -0.2) is 4.79 Å². The molecule has 9 heteroatoms. The number of carbonyl (C=O) groups excluding carboxylic acids is 1. The van der Waals surface area contributed by atoms with E-state index >= 15 is 0 Å². The SMILES string of the molecule is C[C@@H]1NC(=O)O[C@@H]1C1=CC(C(F)(F)F)CC(C(F)(F)F)=C1. The highest BCUT2D eigenvalue weighted by Crippen LogP contribution is 2.42. The van der Waals surface area contributed by atoms with E-state index in [2.05, 4.69) is 5.32 Å². The second kappa shape index (κ2) is 4.96. The number of rotatable bonds is 1. The normalized spacial score (nSPS) is 30.4. The van der Waals surface area contributed by atoms with Gasteiger partial charge in [-0.3, -0.25) is 0 Å². The minimum atomic E-state index is -4.86. The minimum absolute atomic E-state index is 0.290. The van der Waals surface area contributed by atoms with Crippen LogP contribution in [0.3, 0.4) is 0 Å². The molecule has 1 N–H and O–H groups in total. The Kier molecular flexibility index (Phi) is 3.71. The molecule has 0 aromatic heterocycles. The van der Waals surface area contributed by atoms with Gasteiger partial charge in [0, 0.05) is 5.57 Å². The molecule has 1 heterocycles. The number of hydrogen-bond donors (Lipinski definition) is 1. The third-order valence-corrected chi connectivity index (χ3v) is 3.32. The van der Waals surface area contributed by atoms with Gasteiger partial charge in [0.15, 0.2) is 0 Å². The lowest BCUT2D eigenvalue weighted by Crippen LogP contribution is -2.33. The Balaban J connectivity index is 2.38. The fourth-order valence-corrected chi connectivity index (χ4v) is 2.29. The van der Waals surface area contributed by atoms with Gasteiger partial charge in [-0.2, -0.15) is 26.3 Å². The smallest absolute Gasteiger partial charge is 0.412 e. The molecule has 118 valence electrons. The highest BCUT2D eigenvalue weighted by Gasteiger charge is 2.47. The lowest BCUT2D eigenvalue weighted by Gasteiger charge is -2.27. The Morgan fingerprint density at radius 2 is 1.86 bits per heavy atom. The van der Waals surface area contributed by atoms with Gasteiger partial charge in [0.1, 0.15) is 6.10 Å². The van der Waals surface area contributed by atoms with Crippen molar-refractivity contribution in [1.29, 1.82) is 0 Å². The zero-order valence-corrected chi connectivity index (χ0v) is 10.7. The summed E-state index contributed by atoms with van der Waals surface area (Å²) in [5.74, 6) is -2.25. The maximum atomic E-state index is 12.8. The van der Waals surface area contributed by atoms with Crippen LogP contribution in [0.5, 0.6) is 0 Å². The number of ether oxygens (including phenoxy) is 1. The molecule has 1 saturated heterocycles. The first-order chi connectivity index (χ1) is 9.48. The third-order valence-electron chi connectivity index (χ3n) is 3.32. The molecule has 1 amide bonds. The van der Waals surface area contributed by atoms with Crippen molar-refractivity contribution in [2.45, 2.75) is 37.8 Å². The van der Waals surface area contributed by atoms with Gasteiger partial charge < -0.3 is 10.1 Å². The molecule has 1 unspecified atom stereocenters. The first kappa shape index (κ1) is 15.7. The molecule has 1 aliphatic heterocycles. The molecule has 0 spiro atoms. The molecule has 0 aromatic rings. The molecule has 2 aliphatic rings. The van der Waals surface area contributed by atoms with Crippen LogP contribution in [-0.4, -0.2) is 30.6 Å².